The van der Waals surface area contributed by atoms with E-state index in [2.05, 4.69) is 61.5 Å². The molecule has 0 amide bonds. The number of nitrogens with zero attached hydrogens (tertiary/aromatic N) is 2. The minimum atomic E-state index is -1.11. The molecule has 1 unspecified atom stereocenters. The van der Waals surface area contributed by atoms with Gasteiger partial charge < -0.3 is 13.9 Å². The Morgan fingerprint density at radius 2 is 1.65 bits per heavy atom. The first-order valence-electron chi connectivity index (χ1n) is 8.27. The summed E-state index contributed by atoms with van der Waals surface area (Å²) in [6.45, 7) is 17.0. The first-order valence-corrected chi connectivity index (χ1v) is 9.40. The number of aryl methyl sites for hydroxylation is 1. The van der Waals surface area contributed by atoms with Crippen LogP contribution < -0.4 is 0 Å². The van der Waals surface area contributed by atoms with Crippen LogP contribution in [0.3, 0.4) is 0 Å². The molecule has 5 heteroatoms. The van der Waals surface area contributed by atoms with Crippen LogP contribution in [0.5, 0.6) is 0 Å². The minimum Gasteiger partial charge on any atom is -0.322 e. The maximum absolute atomic E-state index is 6.88. The molecule has 0 aliphatic heterocycles. The second kappa shape index (κ2) is 11.5. The van der Waals surface area contributed by atoms with Crippen LogP contribution in [0.4, 0.5) is 0 Å². The van der Waals surface area contributed by atoms with Gasteiger partial charge in [0.05, 0.1) is 6.61 Å². The quantitative estimate of drug-likeness (QED) is 0.326. The van der Waals surface area contributed by atoms with Crippen LogP contribution in [0.1, 0.15) is 39.7 Å². The second-order valence-corrected chi connectivity index (χ2v) is 7.40. The molecule has 0 bridgehead atoms. The Hall–Kier alpha value is -0.980. The fraction of sp³-hybridized carbons (Fsp3) is 0.611. The first kappa shape index (κ1) is 20.1. The van der Waals surface area contributed by atoms with Crippen LogP contribution in [0.2, 0.25) is 0 Å². The molecule has 1 rings (SSSR count). The molecule has 0 saturated carbocycles. The van der Waals surface area contributed by atoms with E-state index >= 15 is 0 Å². The Bertz CT molecular complexity index is 452. The van der Waals surface area contributed by atoms with E-state index in [1.807, 2.05) is 6.07 Å². The van der Waals surface area contributed by atoms with Gasteiger partial charge in [0, 0.05) is 12.1 Å². The zero-order chi connectivity index (χ0) is 17.1. The zero-order valence-corrected chi connectivity index (χ0v) is 15.6. The number of benzene rings is 1. The molecule has 0 spiro atoms. The smallest absolute Gasteiger partial charge is 0.259 e. The highest BCUT2D eigenvalue weighted by Gasteiger charge is 2.27. The van der Waals surface area contributed by atoms with Gasteiger partial charge in [0.2, 0.25) is 6.54 Å². The topological polar surface area (TPSA) is 26.1 Å². The van der Waals surface area contributed by atoms with Crippen molar-refractivity contribution in [3.05, 3.63) is 47.3 Å². The summed E-state index contributed by atoms with van der Waals surface area (Å²) in [5, 5.41) is 0. The minimum absolute atomic E-state index is 0.350. The fourth-order valence-corrected chi connectivity index (χ4v) is 3.99. The lowest BCUT2D eigenvalue weighted by Gasteiger charge is -2.35. The van der Waals surface area contributed by atoms with E-state index in [0.717, 1.165) is 12.8 Å². The summed E-state index contributed by atoms with van der Waals surface area (Å²) >= 11 is 0. The SMILES string of the molecule is [C-]#[N+]CCOP(OCCCc1ccccc1)N(C(C)C)C(C)C. The maximum atomic E-state index is 6.88. The van der Waals surface area contributed by atoms with Crippen LogP contribution in [0, 0.1) is 6.57 Å². The molecule has 1 aromatic rings. The van der Waals surface area contributed by atoms with Gasteiger partial charge in [0.1, 0.15) is 6.61 Å². The van der Waals surface area contributed by atoms with Gasteiger partial charge >= 0.3 is 0 Å². The molecule has 0 saturated heterocycles. The molecule has 1 atom stereocenters. The molecule has 0 aliphatic rings. The summed E-state index contributed by atoms with van der Waals surface area (Å²) in [4.78, 5) is 3.35. The summed E-state index contributed by atoms with van der Waals surface area (Å²) in [7, 11) is -1.11. The van der Waals surface area contributed by atoms with Crippen LogP contribution >= 0.6 is 8.53 Å². The summed E-state index contributed by atoms with van der Waals surface area (Å²) in [6.07, 6.45) is 1.98. The molecular weight excluding hydrogens is 307 g/mol. The number of rotatable bonds is 11. The summed E-state index contributed by atoms with van der Waals surface area (Å²) < 4.78 is 14.2. The van der Waals surface area contributed by atoms with E-state index in [1.165, 1.54) is 5.56 Å². The highest BCUT2D eigenvalue weighted by molar-refractivity contribution is 7.44. The third-order valence-corrected chi connectivity index (χ3v) is 5.41. The molecule has 0 radical (unpaired) electrons. The van der Waals surface area contributed by atoms with Crippen molar-refractivity contribution in [3.8, 4) is 0 Å². The Kier molecular flexibility index (Phi) is 10.1. The molecule has 4 nitrogen and oxygen atoms in total. The fourth-order valence-electron chi connectivity index (χ4n) is 2.37. The normalized spacial score (nSPS) is 12.8. The van der Waals surface area contributed by atoms with Crippen LogP contribution in [0.15, 0.2) is 30.3 Å². The molecule has 1 aromatic carbocycles. The molecule has 23 heavy (non-hydrogen) atoms. The van der Waals surface area contributed by atoms with Gasteiger partial charge in [-0.1, -0.05) is 30.3 Å². The molecule has 0 aliphatic carbocycles. The van der Waals surface area contributed by atoms with Crippen molar-refractivity contribution in [1.29, 1.82) is 0 Å². The Morgan fingerprint density at radius 1 is 1.04 bits per heavy atom. The van der Waals surface area contributed by atoms with Crippen molar-refractivity contribution in [2.75, 3.05) is 19.8 Å². The monoisotopic (exact) mass is 336 g/mol. The van der Waals surface area contributed by atoms with Gasteiger partial charge in [-0.15, -0.1) is 0 Å². The van der Waals surface area contributed by atoms with Gasteiger partial charge in [-0.05, 0) is 46.1 Å². The maximum Gasteiger partial charge on any atom is 0.259 e. The van der Waals surface area contributed by atoms with Gasteiger partial charge in [-0.2, -0.15) is 0 Å². The lowest BCUT2D eigenvalue weighted by Crippen LogP contribution is -2.33. The van der Waals surface area contributed by atoms with Crippen LogP contribution in [-0.4, -0.2) is 36.5 Å². The Morgan fingerprint density at radius 3 is 2.22 bits per heavy atom. The van der Waals surface area contributed by atoms with E-state index < -0.39 is 8.53 Å². The number of hydrogen-bond donors (Lipinski definition) is 0. The molecule has 128 valence electrons. The molecule has 0 fully saturated rings. The standard InChI is InChI=1S/C18H29N2O2P/c1-16(2)20(17(3)4)23(22-15-13-19-5)21-14-9-12-18-10-7-6-8-11-18/h6-8,10-11,16-17H,9,12-15H2,1-4H3. The Balaban J connectivity index is 2.49. The summed E-state index contributed by atoms with van der Waals surface area (Å²) in [5.74, 6) is 0. The van der Waals surface area contributed by atoms with Gasteiger partial charge in [0.15, 0.2) is 0 Å². The molecular formula is C18H29N2O2P. The van der Waals surface area contributed by atoms with Crippen LogP contribution in [-0.2, 0) is 15.5 Å². The van der Waals surface area contributed by atoms with Gasteiger partial charge in [0.25, 0.3) is 8.53 Å². The van der Waals surface area contributed by atoms with Crippen molar-refractivity contribution < 1.29 is 9.05 Å². The van der Waals surface area contributed by atoms with E-state index in [-0.39, 0.29) is 0 Å². The molecule has 0 heterocycles. The van der Waals surface area contributed by atoms with Crippen molar-refractivity contribution in [2.45, 2.75) is 52.6 Å². The van der Waals surface area contributed by atoms with E-state index in [9.17, 15) is 0 Å². The van der Waals surface area contributed by atoms with Gasteiger partial charge in [-0.25, -0.2) is 11.2 Å². The Labute approximate surface area is 142 Å². The summed E-state index contributed by atoms with van der Waals surface area (Å²) in [5.41, 5.74) is 1.33. The third-order valence-electron chi connectivity index (χ3n) is 3.31. The van der Waals surface area contributed by atoms with Crippen molar-refractivity contribution in [1.82, 2.24) is 4.67 Å². The average molecular weight is 336 g/mol. The van der Waals surface area contributed by atoms with Crippen molar-refractivity contribution in [3.63, 3.8) is 0 Å². The van der Waals surface area contributed by atoms with E-state index in [0.29, 0.717) is 31.8 Å². The van der Waals surface area contributed by atoms with Crippen molar-refractivity contribution in [2.24, 2.45) is 0 Å². The van der Waals surface area contributed by atoms with Crippen molar-refractivity contribution >= 4 is 8.53 Å². The lowest BCUT2D eigenvalue weighted by atomic mass is 10.1. The predicted octanol–water partition coefficient (Wildman–Crippen LogP) is 4.92. The molecule has 0 N–H and O–H groups in total. The predicted molar refractivity (Wildman–Crippen MR) is 97.2 cm³/mol. The number of hydrogen-bond acceptors (Lipinski definition) is 3. The summed E-state index contributed by atoms with van der Waals surface area (Å²) in [6, 6.07) is 11.2. The van der Waals surface area contributed by atoms with E-state index in [1.54, 1.807) is 0 Å². The zero-order valence-electron chi connectivity index (χ0n) is 14.7. The first-order chi connectivity index (χ1) is 11.1. The highest BCUT2D eigenvalue weighted by atomic mass is 31.2. The lowest BCUT2D eigenvalue weighted by molar-refractivity contribution is 0.177. The van der Waals surface area contributed by atoms with E-state index in [4.69, 9.17) is 15.6 Å². The second-order valence-electron chi connectivity index (χ2n) is 5.94. The third kappa shape index (κ3) is 7.90. The van der Waals surface area contributed by atoms with Gasteiger partial charge in [-0.3, -0.25) is 0 Å². The average Bonchev–Trinajstić information content (AvgIpc) is 2.51. The molecule has 0 aromatic heterocycles. The highest BCUT2D eigenvalue weighted by Crippen LogP contribution is 2.45. The van der Waals surface area contributed by atoms with Crippen LogP contribution in [0.25, 0.3) is 4.85 Å². The largest absolute Gasteiger partial charge is 0.322 e.